The molecule has 1 aromatic heterocycles. The topological polar surface area (TPSA) is 112 Å². The first-order valence-corrected chi connectivity index (χ1v) is 8.26. The molecule has 1 aliphatic heterocycles. The molecule has 1 saturated heterocycles. The van der Waals surface area contributed by atoms with Crippen LogP contribution in [0.15, 0.2) is 18.3 Å². The van der Waals surface area contributed by atoms with Gasteiger partial charge in [0.25, 0.3) is 0 Å². The van der Waals surface area contributed by atoms with Crippen molar-refractivity contribution in [1.29, 1.82) is 0 Å². The average molecular weight is 351 g/mol. The number of ether oxygens (including phenoxy) is 1. The molecule has 2 heterocycles. The molecule has 0 saturated carbocycles. The molecule has 0 radical (unpaired) electrons. The zero-order valence-electron chi connectivity index (χ0n) is 14.8. The van der Waals surface area contributed by atoms with Gasteiger partial charge in [-0.3, -0.25) is 5.32 Å². The Morgan fingerprint density at radius 2 is 2.04 bits per heavy atom. The van der Waals surface area contributed by atoms with Crippen molar-refractivity contribution in [2.24, 2.45) is 0 Å². The third-order valence-electron chi connectivity index (χ3n) is 4.01. The summed E-state index contributed by atoms with van der Waals surface area (Å²) in [5.41, 5.74) is -1.45. The van der Waals surface area contributed by atoms with Crippen molar-refractivity contribution in [3.63, 3.8) is 0 Å². The molecule has 2 rings (SSSR count). The number of amides is 2. The highest BCUT2D eigenvalue weighted by Crippen LogP contribution is 2.36. The Bertz CT molecular complexity index is 643. The van der Waals surface area contributed by atoms with Crippen LogP contribution in [0, 0.1) is 0 Å². The normalized spacial score (nSPS) is 21.4. The first-order chi connectivity index (χ1) is 11.6. The summed E-state index contributed by atoms with van der Waals surface area (Å²) in [6, 6.07) is 3.36. The number of rotatable bonds is 2. The van der Waals surface area contributed by atoms with E-state index in [9.17, 15) is 14.7 Å². The zero-order valence-corrected chi connectivity index (χ0v) is 14.8. The van der Waals surface area contributed by atoms with E-state index in [2.05, 4.69) is 10.3 Å². The van der Waals surface area contributed by atoms with Crippen LogP contribution in [-0.2, 0) is 10.3 Å². The number of nitrogens with one attached hydrogen (secondary N) is 1. The van der Waals surface area contributed by atoms with E-state index in [0.29, 0.717) is 24.9 Å². The van der Waals surface area contributed by atoms with Gasteiger partial charge in [-0.15, -0.1) is 0 Å². The predicted octanol–water partition coefficient (Wildman–Crippen LogP) is 2.78. The van der Waals surface area contributed by atoms with Crippen molar-refractivity contribution < 1.29 is 24.5 Å². The van der Waals surface area contributed by atoms with E-state index in [1.54, 1.807) is 32.9 Å². The average Bonchev–Trinajstić information content (AvgIpc) is 2.68. The smallest absolute Gasteiger partial charge is 0.413 e. The highest BCUT2D eigenvalue weighted by Gasteiger charge is 2.36. The molecule has 8 heteroatoms. The molecule has 1 aliphatic rings. The van der Waals surface area contributed by atoms with Crippen molar-refractivity contribution in [3.05, 3.63) is 23.9 Å². The third kappa shape index (κ3) is 5.06. The fraction of sp³-hybridized carbons (Fsp3) is 0.588. The second-order valence-corrected chi connectivity index (χ2v) is 7.18. The number of pyridine rings is 1. The number of hydrogen-bond donors (Lipinski definition) is 3. The fourth-order valence-electron chi connectivity index (χ4n) is 2.86. The van der Waals surface area contributed by atoms with Gasteiger partial charge in [0, 0.05) is 24.8 Å². The Balaban J connectivity index is 2.21. The Kier molecular flexibility index (Phi) is 5.52. The van der Waals surface area contributed by atoms with Crippen LogP contribution < -0.4 is 5.32 Å². The molecule has 1 aromatic rings. The molecule has 0 aromatic carbocycles. The molecule has 0 aliphatic carbocycles. The first kappa shape index (κ1) is 19.0. The van der Waals surface area contributed by atoms with Gasteiger partial charge >= 0.3 is 12.2 Å². The molecule has 0 spiro atoms. The van der Waals surface area contributed by atoms with Crippen LogP contribution in [0.25, 0.3) is 0 Å². The molecule has 138 valence electrons. The fourth-order valence-corrected chi connectivity index (χ4v) is 2.86. The van der Waals surface area contributed by atoms with Gasteiger partial charge in [0.05, 0.1) is 5.60 Å². The van der Waals surface area contributed by atoms with Crippen molar-refractivity contribution in [2.45, 2.75) is 51.2 Å². The largest absolute Gasteiger partial charge is 0.465 e. The maximum Gasteiger partial charge on any atom is 0.413 e. The number of carbonyl (C=O) groups is 2. The minimum absolute atomic E-state index is 0.215. The highest BCUT2D eigenvalue weighted by atomic mass is 16.6. The van der Waals surface area contributed by atoms with E-state index in [0.717, 1.165) is 0 Å². The summed E-state index contributed by atoms with van der Waals surface area (Å²) in [6.07, 6.45) is 0.988. The number of aliphatic hydroxyl groups is 1. The lowest BCUT2D eigenvalue weighted by atomic mass is 9.87. The summed E-state index contributed by atoms with van der Waals surface area (Å²) in [7, 11) is 0. The molecule has 1 unspecified atom stereocenters. The molecule has 1 fully saturated rings. The quantitative estimate of drug-likeness (QED) is 0.755. The Hall–Kier alpha value is -2.35. The van der Waals surface area contributed by atoms with E-state index < -0.39 is 23.4 Å². The van der Waals surface area contributed by atoms with Gasteiger partial charge in [0.1, 0.15) is 11.4 Å². The van der Waals surface area contributed by atoms with E-state index in [1.807, 2.05) is 0 Å². The second kappa shape index (κ2) is 7.26. The van der Waals surface area contributed by atoms with E-state index >= 15 is 0 Å². The van der Waals surface area contributed by atoms with Crippen LogP contribution in [0.1, 0.15) is 45.6 Å². The van der Waals surface area contributed by atoms with E-state index in [1.165, 1.54) is 11.1 Å². The van der Waals surface area contributed by atoms with Crippen LogP contribution in [0.2, 0.25) is 0 Å². The van der Waals surface area contributed by atoms with E-state index in [-0.39, 0.29) is 18.8 Å². The van der Waals surface area contributed by atoms with Crippen LogP contribution in [0.3, 0.4) is 0 Å². The molecule has 3 N–H and O–H groups in total. The molecule has 8 nitrogen and oxygen atoms in total. The lowest BCUT2D eigenvalue weighted by Crippen LogP contribution is -2.33. The molecule has 2 amide bonds. The predicted molar refractivity (Wildman–Crippen MR) is 91.4 cm³/mol. The second-order valence-electron chi connectivity index (χ2n) is 7.18. The summed E-state index contributed by atoms with van der Waals surface area (Å²) in [6.45, 7) is 5.85. The lowest BCUT2D eigenvalue weighted by Gasteiger charge is -2.29. The Labute approximate surface area is 146 Å². The van der Waals surface area contributed by atoms with Crippen molar-refractivity contribution in [2.75, 3.05) is 18.4 Å². The van der Waals surface area contributed by atoms with Gasteiger partial charge in [0.2, 0.25) is 0 Å². The van der Waals surface area contributed by atoms with Gasteiger partial charge in [-0.25, -0.2) is 14.6 Å². The van der Waals surface area contributed by atoms with Crippen molar-refractivity contribution in [1.82, 2.24) is 9.88 Å². The van der Waals surface area contributed by atoms with Crippen LogP contribution in [0.5, 0.6) is 0 Å². The Morgan fingerprint density at radius 1 is 1.32 bits per heavy atom. The summed E-state index contributed by atoms with van der Waals surface area (Å²) >= 11 is 0. The minimum atomic E-state index is -1.26. The molecular weight excluding hydrogens is 326 g/mol. The van der Waals surface area contributed by atoms with Crippen molar-refractivity contribution in [3.8, 4) is 0 Å². The van der Waals surface area contributed by atoms with Gasteiger partial charge in [-0.1, -0.05) is 6.07 Å². The van der Waals surface area contributed by atoms with Gasteiger partial charge in [-0.05, 0) is 46.1 Å². The van der Waals surface area contributed by atoms with Crippen LogP contribution in [-0.4, -0.2) is 51.0 Å². The standard InChI is InChI=1S/C17H25N3O5/c1-16(2,3)25-14(21)19-13-12(6-4-9-18-13)17(24)7-5-10-20(11-8-17)15(22)23/h4,6,9,24H,5,7-8,10-11H2,1-3H3,(H,22,23)(H,18,19,21). The monoisotopic (exact) mass is 351 g/mol. The van der Waals surface area contributed by atoms with Crippen LogP contribution in [0.4, 0.5) is 15.4 Å². The Morgan fingerprint density at radius 3 is 2.68 bits per heavy atom. The molecule has 25 heavy (non-hydrogen) atoms. The minimum Gasteiger partial charge on any atom is -0.465 e. The van der Waals surface area contributed by atoms with E-state index in [4.69, 9.17) is 9.84 Å². The molecule has 0 bridgehead atoms. The number of aromatic nitrogens is 1. The highest BCUT2D eigenvalue weighted by molar-refractivity contribution is 5.84. The lowest BCUT2D eigenvalue weighted by molar-refractivity contribution is 0.0219. The number of hydrogen-bond acceptors (Lipinski definition) is 5. The first-order valence-electron chi connectivity index (χ1n) is 8.26. The van der Waals surface area contributed by atoms with Gasteiger partial charge < -0.3 is 19.8 Å². The summed E-state index contributed by atoms with van der Waals surface area (Å²) in [5.74, 6) is 0.225. The molecular formula is C17H25N3O5. The number of likely N-dealkylation sites (tertiary alicyclic amines) is 1. The summed E-state index contributed by atoms with van der Waals surface area (Å²) in [4.78, 5) is 28.6. The number of anilines is 1. The molecule has 1 atom stereocenters. The third-order valence-corrected chi connectivity index (χ3v) is 4.01. The maximum atomic E-state index is 12.0. The van der Waals surface area contributed by atoms with Gasteiger partial charge in [0.15, 0.2) is 0 Å². The van der Waals surface area contributed by atoms with Gasteiger partial charge in [-0.2, -0.15) is 0 Å². The zero-order chi connectivity index (χ0) is 18.7. The summed E-state index contributed by atoms with van der Waals surface area (Å²) < 4.78 is 5.23. The number of nitrogens with zero attached hydrogens (tertiary/aromatic N) is 2. The summed E-state index contributed by atoms with van der Waals surface area (Å²) in [5, 5.41) is 22.8. The van der Waals surface area contributed by atoms with Crippen molar-refractivity contribution >= 4 is 18.0 Å². The maximum absolute atomic E-state index is 12.0. The number of carboxylic acid groups (broad SMARTS) is 1. The SMILES string of the molecule is CC(C)(C)OC(=O)Nc1ncccc1C1(O)CCCN(C(=O)O)CC1. The van der Waals surface area contributed by atoms with Crippen LogP contribution >= 0.6 is 0 Å². The number of carbonyl (C=O) groups excluding carboxylic acids is 1.